The zero-order chi connectivity index (χ0) is 14.1. The number of anilines is 1. The third-order valence-corrected chi connectivity index (χ3v) is 5.45. The van der Waals surface area contributed by atoms with Crippen LogP contribution in [0.5, 0.6) is 0 Å². The van der Waals surface area contributed by atoms with E-state index in [0.29, 0.717) is 6.04 Å². The highest BCUT2D eigenvalue weighted by Gasteiger charge is 2.31. The summed E-state index contributed by atoms with van der Waals surface area (Å²) in [6.07, 6.45) is 1.97. The van der Waals surface area contributed by atoms with Crippen molar-refractivity contribution in [1.82, 2.24) is 14.8 Å². The van der Waals surface area contributed by atoms with Crippen LogP contribution in [0.1, 0.15) is 0 Å². The number of aromatic nitrogens is 1. The molecular weight excluding hydrogens is 280 g/mol. The number of fused-ring (bicyclic) bond motifs is 3. The van der Waals surface area contributed by atoms with Crippen molar-refractivity contribution < 1.29 is 0 Å². The molecule has 1 N–H and O–H groups in total. The molecule has 2 bridgehead atoms. The Labute approximate surface area is 129 Å². The van der Waals surface area contributed by atoms with Gasteiger partial charge in [0.05, 0.1) is 4.88 Å². The van der Waals surface area contributed by atoms with E-state index in [4.69, 9.17) is 0 Å². The van der Waals surface area contributed by atoms with Gasteiger partial charge in [0.1, 0.15) is 0 Å². The van der Waals surface area contributed by atoms with Gasteiger partial charge in [-0.15, -0.1) is 0 Å². The van der Waals surface area contributed by atoms with E-state index in [1.807, 2.05) is 12.3 Å². The van der Waals surface area contributed by atoms with E-state index in [2.05, 4.69) is 44.4 Å². The van der Waals surface area contributed by atoms with Crippen molar-refractivity contribution in [3.63, 3.8) is 0 Å². The predicted octanol–water partition coefficient (Wildman–Crippen LogP) is 2.22. The maximum absolute atomic E-state index is 4.51. The molecule has 1 atom stereocenters. The van der Waals surface area contributed by atoms with Crippen molar-refractivity contribution in [2.24, 2.45) is 0 Å². The van der Waals surface area contributed by atoms with Gasteiger partial charge in [-0.2, -0.15) is 0 Å². The van der Waals surface area contributed by atoms with E-state index in [9.17, 15) is 0 Å². The second-order valence-electron chi connectivity index (χ2n) is 5.77. The van der Waals surface area contributed by atoms with Gasteiger partial charge >= 0.3 is 0 Å². The zero-order valence-electron chi connectivity index (χ0n) is 12.0. The van der Waals surface area contributed by atoms with Crippen LogP contribution < -0.4 is 5.32 Å². The fraction of sp³-hybridized carbons (Fsp3) is 0.438. The smallest absolute Gasteiger partial charge is 0.183 e. The number of hydrogen-bond donors (Lipinski definition) is 1. The van der Waals surface area contributed by atoms with Gasteiger partial charge in [-0.1, -0.05) is 41.7 Å². The molecule has 0 saturated carbocycles. The molecule has 21 heavy (non-hydrogen) atoms. The summed E-state index contributed by atoms with van der Waals surface area (Å²) in [5.74, 6) is 0. The van der Waals surface area contributed by atoms with Crippen LogP contribution in [-0.2, 0) is 0 Å². The van der Waals surface area contributed by atoms with Gasteiger partial charge in [0.2, 0.25) is 0 Å². The lowest BCUT2D eigenvalue weighted by molar-refractivity contribution is 0.0189. The molecule has 0 radical (unpaired) electrons. The van der Waals surface area contributed by atoms with E-state index in [1.165, 1.54) is 43.2 Å². The topological polar surface area (TPSA) is 31.4 Å². The molecular formula is C16H20N4S. The van der Waals surface area contributed by atoms with Crippen LogP contribution in [0, 0.1) is 0 Å². The third kappa shape index (κ3) is 2.81. The van der Waals surface area contributed by atoms with Crippen LogP contribution in [0.3, 0.4) is 0 Å². The van der Waals surface area contributed by atoms with Gasteiger partial charge in [-0.05, 0) is 5.56 Å². The third-order valence-electron chi connectivity index (χ3n) is 4.45. The molecule has 110 valence electrons. The largest absolute Gasteiger partial charge is 0.360 e. The summed E-state index contributed by atoms with van der Waals surface area (Å²) in [7, 11) is 0. The zero-order valence-corrected chi connectivity index (χ0v) is 12.9. The Morgan fingerprint density at radius 2 is 1.95 bits per heavy atom. The van der Waals surface area contributed by atoms with Gasteiger partial charge in [-0.3, -0.25) is 9.80 Å². The van der Waals surface area contributed by atoms with E-state index in [0.717, 1.165) is 11.7 Å². The average molecular weight is 300 g/mol. The lowest BCUT2D eigenvalue weighted by Crippen LogP contribution is -2.62. The van der Waals surface area contributed by atoms with Crippen molar-refractivity contribution in [1.29, 1.82) is 0 Å². The fourth-order valence-electron chi connectivity index (χ4n) is 3.22. The number of piperazine rings is 3. The minimum atomic E-state index is 0.636. The molecule has 3 aliphatic rings. The maximum atomic E-state index is 4.51. The number of rotatable bonds is 4. The summed E-state index contributed by atoms with van der Waals surface area (Å²) in [6.45, 7) is 7.12. The number of nitrogens with zero attached hydrogens (tertiary/aromatic N) is 3. The predicted molar refractivity (Wildman–Crippen MR) is 87.8 cm³/mol. The van der Waals surface area contributed by atoms with E-state index >= 15 is 0 Å². The Bertz CT molecular complexity index is 589. The van der Waals surface area contributed by atoms with Crippen molar-refractivity contribution in [3.05, 3.63) is 36.5 Å². The molecule has 3 saturated heterocycles. The molecule has 0 spiro atoms. The quantitative estimate of drug-likeness (QED) is 0.938. The first-order valence-corrected chi connectivity index (χ1v) is 8.42. The molecule has 1 unspecified atom stereocenters. The summed E-state index contributed by atoms with van der Waals surface area (Å²) in [6, 6.07) is 11.1. The van der Waals surface area contributed by atoms with Crippen LogP contribution in [0.2, 0.25) is 0 Å². The molecule has 4 heterocycles. The normalized spacial score (nSPS) is 27.7. The lowest BCUT2D eigenvalue weighted by Gasteiger charge is -2.47. The van der Waals surface area contributed by atoms with Gasteiger partial charge in [0.15, 0.2) is 5.13 Å². The number of hydrogen-bond acceptors (Lipinski definition) is 5. The van der Waals surface area contributed by atoms with E-state index < -0.39 is 0 Å². The van der Waals surface area contributed by atoms with Crippen molar-refractivity contribution in [2.75, 3.05) is 44.6 Å². The Morgan fingerprint density at radius 1 is 1.14 bits per heavy atom. The number of nitrogens with one attached hydrogen (secondary N) is 1. The van der Waals surface area contributed by atoms with Gasteiger partial charge < -0.3 is 5.32 Å². The van der Waals surface area contributed by atoms with E-state index in [-0.39, 0.29) is 0 Å². The summed E-state index contributed by atoms with van der Waals surface area (Å²) in [5, 5.41) is 4.56. The van der Waals surface area contributed by atoms with Gasteiger partial charge in [0.25, 0.3) is 0 Å². The van der Waals surface area contributed by atoms with Crippen molar-refractivity contribution in [2.45, 2.75) is 6.04 Å². The monoisotopic (exact) mass is 300 g/mol. The first kappa shape index (κ1) is 13.2. The SMILES string of the molecule is c1ccc(-c2cnc(NCC3CN4CCN3CC4)s2)cc1. The lowest BCUT2D eigenvalue weighted by atomic mass is 10.1. The van der Waals surface area contributed by atoms with Gasteiger partial charge in [0, 0.05) is 51.5 Å². The highest BCUT2D eigenvalue weighted by molar-refractivity contribution is 7.18. The molecule has 3 fully saturated rings. The Morgan fingerprint density at radius 3 is 2.67 bits per heavy atom. The molecule has 5 rings (SSSR count). The first-order chi connectivity index (χ1) is 10.4. The maximum Gasteiger partial charge on any atom is 0.183 e. The standard InChI is InChI=1S/C16H20N4S/c1-2-4-13(5-3-1)15-11-18-16(21-15)17-10-14-12-19-6-8-20(14)9-7-19/h1-5,11,14H,6-10,12H2,(H,17,18). The Hall–Kier alpha value is -1.43. The molecule has 2 aromatic rings. The van der Waals surface area contributed by atoms with Crippen LogP contribution in [0.4, 0.5) is 5.13 Å². The average Bonchev–Trinajstić information content (AvgIpc) is 3.04. The fourth-order valence-corrected chi connectivity index (χ4v) is 4.04. The number of thiazole rings is 1. The summed E-state index contributed by atoms with van der Waals surface area (Å²) >= 11 is 1.74. The molecule has 1 aromatic carbocycles. The van der Waals surface area contributed by atoms with Crippen LogP contribution in [0.15, 0.2) is 36.5 Å². The highest BCUT2D eigenvalue weighted by atomic mass is 32.1. The molecule has 4 nitrogen and oxygen atoms in total. The first-order valence-electron chi connectivity index (χ1n) is 7.60. The molecule has 0 aliphatic carbocycles. The summed E-state index contributed by atoms with van der Waals surface area (Å²) in [4.78, 5) is 10.9. The Kier molecular flexibility index (Phi) is 3.63. The summed E-state index contributed by atoms with van der Waals surface area (Å²) in [5.41, 5.74) is 1.25. The second kappa shape index (κ2) is 5.75. The van der Waals surface area contributed by atoms with E-state index in [1.54, 1.807) is 11.3 Å². The van der Waals surface area contributed by atoms with Crippen LogP contribution >= 0.6 is 11.3 Å². The minimum Gasteiger partial charge on any atom is -0.360 e. The highest BCUT2D eigenvalue weighted by Crippen LogP contribution is 2.28. The van der Waals surface area contributed by atoms with Crippen molar-refractivity contribution in [3.8, 4) is 10.4 Å². The second-order valence-corrected chi connectivity index (χ2v) is 6.80. The van der Waals surface area contributed by atoms with Gasteiger partial charge in [-0.25, -0.2) is 4.98 Å². The molecule has 0 amide bonds. The van der Waals surface area contributed by atoms with Crippen LogP contribution in [-0.4, -0.2) is 60.1 Å². The number of benzene rings is 1. The van der Waals surface area contributed by atoms with Crippen molar-refractivity contribution >= 4 is 16.5 Å². The summed E-state index contributed by atoms with van der Waals surface area (Å²) < 4.78 is 0. The van der Waals surface area contributed by atoms with Crippen LogP contribution in [0.25, 0.3) is 10.4 Å². The molecule has 5 heteroatoms. The molecule has 3 aliphatic heterocycles. The minimum absolute atomic E-state index is 0.636. The Balaban J connectivity index is 1.39. The molecule has 1 aromatic heterocycles.